The van der Waals surface area contributed by atoms with Crippen molar-refractivity contribution in [3.05, 3.63) is 45.1 Å². The number of phenolic OH excluding ortho intramolecular Hbond substituents is 1. The molecule has 2 nitrogen and oxygen atoms in total. The van der Waals surface area contributed by atoms with E-state index < -0.39 is 0 Å². The summed E-state index contributed by atoms with van der Waals surface area (Å²) in [5.41, 5.74) is 0. The summed E-state index contributed by atoms with van der Waals surface area (Å²) in [6, 6.07) is 10.8. The van der Waals surface area contributed by atoms with Crippen molar-refractivity contribution in [1.29, 1.82) is 0 Å². The van der Waals surface area contributed by atoms with Crippen molar-refractivity contribution in [2.75, 3.05) is 0 Å². The van der Waals surface area contributed by atoms with E-state index >= 15 is 0 Å². The van der Waals surface area contributed by atoms with Crippen LogP contribution in [-0.4, -0.2) is 5.11 Å². The Morgan fingerprint density at radius 1 is 1.27 bits per heavy atom. The Labute approximate surface area is 100 Å². The predicted octanol–water partition coefficient (Wildman–Crippen LogP) is 3.80. The third-order valence-electron chi connectivity index (χ3n) is 1.83. The van der Waals surface area contributed by atoms with E-state index in [1.807, 2.05) is 18.2 Å². The van der Waals surface area contributed by atoms with Gasteiger partial charge in [0.2, 0.25) is 0 Å². The minimum Gasteiger partial charge on any atom is -0.508 e. The maximum absolute atomic E-state index is 9.23. The number of ether oxygens (including phenoxy) is 1. The van der Waals surface area contributed by atoms with Crippen LogP contribution in [0.2, 0.25) is 0 Å². The molecule has 0 radical (unpaired) electrons. The topological polar surface area (TPSA) is 29.5 Å². The lowest BCUT2D eigenvalue weighted by Gasteiger charge is -2.04. The van der Waals surface area contributed by atoms with Gasteiger partial charge in [-0.05, 0) is 40.2 Å². The Morgan fingerprint density at radius 3 is 2.80 bits per heavy atom. The lowest BCUT2D eigenvalue weighted by Crippen LogP contribution is -1.91. The average Bonchev–Trinajstić information content (AvgIpc) is 2.62. The molecule has 1 aromatic carbocycles. The molecule has 0 saturated heterocycles. The first-order valence-corrected chi connectivity index (χ1v) is 6.01. The Bertz CT molecular complexity index is 453. The van der Waals surface area contributed by atoms with Gasteiger partial charge in [-0.3, -0.25) is 0 Å². The molecule has 0 aliphatic rings. The molecule has 0 fully saturated rings. The molecule has 2 rings (SSSR count). The third kappa shape index (κ3) is 2.97. The van der Waals surface area contributed by atoms with Crippen LogP contribution in [0.15, 0.2) is 40.2 Å². The van der Waals surface area contributed by atoms with E-state index in [2.05, 4.69) is 15.9 Å². The molecule has 0 spiro atoms. The van der Waals surface area contributed by atoms with Gasteiger partial charge in [0.25, 0.3) is 0 Å². The Morgan fingerprint density at radius 2 is 2.13 bits per heavy atom. The molecule has 1 N–H and O–H groups in total. The number of hydrogen-bond acceptors (Lipinski definition) is 3. The Kier molecular flexibility index (Phi) is 3.28. The van der Waals surface area contributed by atoms with Crippen LogP contribution >= 0.6 is 27.3 Å². The molecule has 0 aliphatic heterocycles. The van der Waals surface area contributed by atoms with Crippen LogP contribution in [0.4, 0.5) is 0 Å². The molecule has 4 heteroatoms. The summed E-state index contributed by atoms with van der Waals surface area (Å²) in [6.45, 7) is 0.528. The second-order valence-corrected chi connectivity index (χ2v) is 5.54. The fourth-order valence-corrected chi connectivity index (χ4v) is 2.55. The van der Waals surface area contributed by atoms with Crippen molar-refractivity contribution in [2.45, 2.75) is 6.61 Å². The Hall–Kier alpha value is -1.000. The maximum Gasteiger partial charge on any atom is 0.123 e. The number of aromatic hydroxyl groups is 1. The summed E-state index contributed by atoms with van der Waals surface area (Å²) in [5.74, 6) is 0.902. The van der Waals surface area contributed by atoms with E-state index in [-0.39, 0.29) is 5.75 Å². The molecule has 15 heavy (non-hydrogen) atoms. The number of benzene rings is 1. The van der Waals surface area contributed by atoms with Crippen LogP contribution in [0.1, 0.15) is 4.88 Å². The van der Waals surface area contributed by atoms with Crippen LogP contribution in [-0.2, 0) is 6.61 Å². The summed E-state index contributed by atoms with van der Waals surface area (Å²) < 4.78 is 6.61. The lowest BCUT2D eigenvalue weighted by atomic mass is 10.3. The molecule has 0 amide bonds. The van der Waals surface area contributed by atoms with Crippen molar-refractivity contribution < 1.29 is 9.84 Å². The van der Waals surface area contributed by atoms with Crippen molar-refractivity contribution in [3.63, 3.8) is 0 Å². The minimum absolute atomic E-state index is 0.222. The Balaban J connectivity index is 1.99. The number of rotatable bonds is 3. The maximum atomic E-state index is 9.23. The number of thiophene rings is 1. The first-order chi connectivity index (χ1) is 7.24. The fraction of sp³-hybridized carbons (Fsp3) is 0.0909. The molecular formula is C11H9BrO2S. The zero-order valence-electron chi connectivity index (χ0n) is 7.81. The highest BCUT2D eigenvalue weighted by atomic mass is 79.9. The van der Waals surface area contributed by atoms with Crippen molar-refractivity contribution >= 4 is 27.3 Å². The molecule has 0 bridgehead atoms. The van der Waals surface area contributed by atoms with Gasteiger partial charge in [-0.25, -0.2) is 0 Å². The standard InChI is InChI=1S/C11H9BrO2S/c12-11-5-4-10(15-11)7-14-9-3-1-2-8(13)6-9/h1-6,13H,7H2. The zero-order chi connectivity index (χ0) is 10.7. The fourth-order valence-electron chi connectivity index (χ4n) is 1.16. The molecule has 2 aromatic rings. The minimum atomic E-state index is 0.222. The van der Waals surface area contributed by atoms with Gasteiger partial charge in [0.15, 0.2) is 0 Å². The summed E-state index contributed by atoms with van der Waals surface area (Å²) in [4.78, 5) is 1.14. The van der Waals surface area contributed by atoms with Gasteiger partial charge in [-0.15, -0.1) is 11.3 Å². The third-order valence-corrected chi connectivity index (χ3v) is 3.42. The zero-order valence-corrected chi connectivity index (χ0v) is 10.2. The van der Waals surface area contributed by atoms with Crippen molar-refractivity contribution in [2.24, 2.45) is 0 Å². The average molecular weight is 285 g/mol. The largest absolute Gasteiger partial charge is 0.508 e. The van der Waals surface area contributed by atoms with Crippen LogP contribution in [0, 0.1) is 0 Å². The summed E-state index contributed by atoms with van der Waals surface area (Å²) >= 11 is 5.03. The lowest BCUT2D eigenvalue weighted by molar-refractivity contribution is 0.308. The van der Waals surface area contributed by atoms with E-state index in [1.165, 1.54) is 0 Å². The van der Waals surface area contributed by atoms with Crippen LogP contribution in [0.5, 0.6) is 11.5 Å². The van der Waals surface area contributed by atoms with E-state index in [0.717, 1.165) is 8.66 Å². The summed E-state index contributed by atoms with van der Waals surface area (Å²) in [7, 11) is 0. The molecule has 1 heterocycles. The van der Waals surface area contributed by atoms with Crippen LogP contribution in [0.3, 0.4) is 0 Å². The number of halogens is 1. The SMILES string of the molecule is Oc1cccc(OCc2ccc(Br)s2)c1. The molecule has 1 aromatic heterocycles. The van der Waals surface area contributed by atoms with Gasteiger partial charge in [-0.2, -0.15) is 0 Å². The highest BCUT2D eigenvalue weighted by molar-refractivity contribution is 9.11. The van der Waals surface area contributed by atoms with Gasteiger partial charge >= 0.3 is 0 Å². The second kappa shape index (κ2) is 4.68. The normalized spacial score (nSPS) is 10.2. The number of hydrogen-bond donors (Lipinski definition) is 1. The van der Waals surface area contributed by atoms with Crippen LogP contribution < -0.4 is 4.74 Å². The molecule has 0 atom stereocenters. The summed E-state index contributed by atoms with van der Waals surface area (Å²) in [5, 5.41) is 9.23. The molecule has 0 saturated carbocycles. The predicted molar refractivity (Wildman–Crippen MR) is 64.5 cm³/mol. The van der Waals surface area contributed by atoms with E-state index in [9.17, 15) is 5.11 Å². The second-order valence-electron chi connectivity index (χ2n) is 2.99. The highest BCUT2D eigenvalue weighted by Gasteiger charge is 1.99. The van der Waals surface area contributed by atoms with Gasteiger partial charge in [-0.1, -0.05) is 6.07 Å². The molecule has 0 aliphatic carbocycles. The first-order valence-electron chi connectivity index (χ1n) is 4.40. The first kappa shape index (κ1) is 10.5. The van der Waals surface area contributed by atoms with Gasteiger partial charge in [0.1, 0.15) is 18.1 Å². The monoisotopic (exact) mass is 284 g/mol. The molecule has 0 unspecified atom stereocenters. The molecular weight excluding hydrogens is 276 g/mol. The molecule has 78 valence electrons. The quantitative estimate of drug-likeness (QED) is 0.929. The van der Waals surface area contributed by atoms with Gasteiger partial charge in [0, 0.05) is 10.9 Å². The smallest absolute Gasteiger partial charge is 0.123 e. The van der Waals surface area contributed by atoms with Crippen molar-refractivity contribution in [3.8, 4) is 11.5 Å². The summed E-state index contributed by atoms with van der Waals surface area (Å²) in [6.07, 6.45) is 0. The van der Waals surface area contributed by atoms with Crippen molar-refractivity contribution in [1.82, 2.24) is 0 Å². The number of phenols is 1. The van der Waals surface area contributed by atoms with Gasteiger partial charge < -0.3 is 9.84 Å². The highest BCUT2D eigenvalue weighted by Crippen LogP contribution is 2.24. The van der Waals surface area contributed by atoms with E-state index in [0.29, 0.717) is 12.4 Å². The van der Waals surface area contributed by atoms with Gasteiger partial charge in [0.05, 0.1) is 3.79 Å². The van der Waals surface area contributed by atoms with E-state index in [1.54, 1.807) is 29.5 Å². The van der Waals surface area contributed by atoms with Crippen LogP contribution in [0.25, 0.3) is 0 Å². The van der Waals surface area contributed by atoms with E-state index in [4.69, 9.17) is 4.74 Å².